The molecule has 1 N–H and O–H groups in total. The van der Waals surface area contributed by atoms with E-state index in [1.54, 1.807) is 27.8 Å². The van der Waals surface area contributed by atoms with Crippen LogP contribution in [0.25, 0.3) is 0 Å². The van der Waals surface area contributed by atoms with Crippen molar-refractivity contribution in [1.82, 2.24) is 15.1 Å². The molecule has 1 rings (SSSR count). The second kappa shape index (κ2) is 6.76. The van der Waals surface area contributed by atoms with Crippen LogP contribution >= 0.6 is 0 Å². The largest absolute Gasteiger partial charge is 0.444 e. The first-order valence-corrected chi connectivity index (χ1v) is 7.86. The molecule has 1 saturated heterocycles. The molecular weight excluding hydrogens is 298 g/mol. The van der Waals surface area contributed by atoms with E-state index in [2.05, 4.69) is 5.32 Å². The van der Waals surface area contributed by atoms with Gasteiger partial charge in [0.15, 0.2) is 0 Å². The van der Waals surface area contributed by atoms with Crippen molar-refractivity contribution in [2.24, 2.45) is 5.41 Å². The standard InChI is InChI=1S/C16H29N3O4/c1-15(2,3)11(17-13(21)23-16(4,5)6)10-19-12(20)8-9-18(7)14(19)22/h11H,8-10H2,1-7H3,(H,17,21)/t11-/m1/s1. The van der Waals surface area contributed by atoms with E-state index in [1.165, 1.54) is 9.80 Å². The van der Waals surface area contributed by atoms with E-state index >= 15 is 0 Å². The molecule has 0 aromatic carbocycles. The minimum absolute atomic E-state index is 0.130. The molecule has 0 radical (unpaired) electrons. The molecule has 132 valence electrons. The maximum absolute atomic E-state index is 12.2. The second-order valence-electron chi connectivity index (χ2n) is 8.02. The van der Waals surface area contributed by atoms with Gasteiger partial charge in [-0.3, -0.25) is 9.69 Å². The molecule has 0 unspecified atom stereocenters. The minimum atomic E-state index is -0.608. The smallest absolute Gasteiger partial charge is 0.407 e. The lowest BCUT2D eigenvalue weighted by Gasteiger charge is -2.38. The number of urea groups is 1. The summed E-state index contributed by atoms with van der Waals surface area (Å²) in [6.45, 7) is 11.7. The van der Waals surface area contributed by atoms with Crippen molar-refractivity contribution in [3.05, 3.63) is 0 Å². The maximum atomic E-state index is 12.2. The molecule has 0 bridgehead atoms. The van der Waals surface area contributed by atoms with E-state index in [0.717, 1.165) is 0 Å². The predicted octanol–water partition coefficient (Wildman–Crippen LogP) is 2.21. The minimum Gasteiger partial charge on any atom is -0.444 e. The Morgan fingerprint density at radius 1 is 1.22 bits per heavy atom. The highest BCUT2D eigenvalue weighted by Crippen LogP contribution is 2.22. The van der Waals surface area contributed by atoms with Gasteiger partial charge in [-0.25, -0.2) is 9.59 Å². The first-order valence-electron chi connectivity index (χ1n) is 7.86. The predicted molar refractivity (Wildman–Crippen MR) is 87.0 cm³/mol. The van der Waals surface area contributed by atoms with Crippen molar-refractivity contribution in [3.8, 4) is 0 Å². The summed E-state index contributed by atoms with van der Waals surface area (Å²) in [6, 6.07) is -0.738. The lowest BCUT2D eigenvalue weighted by Crippen LogP contribution is -2.58. The molecule has 0 spiro atoms. The highest BCUT2D eigenvalue weighted by atomic mass is 16.6. The van der Waals surface area contributed by atoms with Crippen LogP contribution in [-0.2, 0) is 9.53 Å². The van der Waals surface area contributed by atoms with Crippen molar-refractivity contribution in [3.63, 3.8) is 0 Å². The lowest BCUT2D eigenvalue weighted by molar-refractivity contribution is -0.131. The summed E-state index contributed by atoms with van der Waals surface area (Å²) in [4.78, 5) is 39.0. The van der Waals surface area contributed by atoms with Crippen molar-refractivity contribution in [2.75, 3.05) is 20.1 Å². The Hall–Kier alpha value is -1.79. The normalized spacial score (nSPS) is 18.0. The SMILES string of the molecule is CN1CCC(=O)N(C[C@@H](NC(=O)OC(C)(C)C)C(C)(C)C)C1=O. The fourth-order valence-electron chi connectivity index (χ4n) is 2.16. The van der Waals surface area contributed by atoms with Crippen LogP contribution in [0.2, 0.25) is 0 Å². The average molecular weight is 327 g/mol. The van der Waals surface area contributed by atoms with Crippen molar-refractivity contribution >= 4 is 18.0 Å². The van der Waals surface area contributed by atoms with Crippen LogP contribution in [0.1, 0.15) is 48.0 Å². The first-order chi connectivity index (χ1) is 10.3. The van der Waals surface area contributed by atoms with Crippen molar-refractivity contribution < 1.29 is 19.1 Å². The van der Waals surface area contributed by atoms with Gasteiger partial charge in [-0.05, 0) is 26.2 Å². The number of imide groups is 1. The van der Waals surface area contributed by atoms with Gasteiger partial charge in [0.05, 0.1) is 12.6 Å². The quantitative estimate of drug-likeness (QED) is 0.862. The Kier molecular flexibility index (Phi) is 5.66. The molecule has 4 amide bonds. The topological polar surface area (TPSA) is 79.0 Å². The molecule has 0 aliphatic carbocycles. The van der Waals surface area contributed by atoms with E-state index in [0.29, 0.717) is 13.0 Å². The number of hydrogen-bond acceptors (Lipinski definition) is 4. The third-order valence-electron chi connectivity index (χ3n) is 3.62. The number of carbonyl (C=O) groups excluding carboxylic acids is 3. The Labute approximate surface area is 138 Å². The summed E-state index contributed by atoms with van der Waals surface area (Å²) in [5.74, 6) is -0.215. The number of nitrogens with one attached hydrogen (secondary N) is 1. The van der Waals surface area contributed by atoms with E-state index in [4.69, 9.17) is 4.74 Å². The molecule has 23 heavy (non-hydrogen) atoms. The van der Waals surface area contributed by atoms with Gasteiger partial charge in [0.2, 0.25) is 5.91 Å². The molecule has 7 heteroatoms. The van der Waals surface area contributed by atoms with Crippen LogP contribution in [0.4, 0.5) is 9.59 Å². The van der Waals surface area contributed by atoms with E-state index in [9.17, 15) is 14.4 Å². The molecule has 1 fully saturated rings. The second-order valence-corrected chi connectivity index (χ2v) is 8.02. The maximum Gasteiger partial charge on any atom is 0.407 e. The Bertz CT molecular complexity index is 477. The summed E-state index contributed by atoms with van der Waals surface area (Å²) in [5, 5.41) is 2.79. The van der Waals surface area contributed by atoms with Gasteiger partial charge < -0.3 is 15.0 Å². The van der Waals surface area contributed by atoms with Gasteiger partial charge in [-0.15, -0.1) is 0 Å². The van der Waals surface area contributed by atoms with Crippen LogP contribution in [0.5, 0.6) is 0 Å². The summed E-state index contributed by atoms with van der Waals surface area (Å²) in [7, 11) is 1.66. The molecule has 1 heterocycles. The number of nitrogens with zero attached hydrogens (tertiary/aromatic N) is 2. The molecule has 1 aliphatic heterocycles. The van der Waals surface area contributed by atoms with E-state index < -0.39 is 17.7 Å². The van der Waals surface area contributed by atoms with Crippen LogP contribution in [-0.4, -0.2) is 59.6 Å². The molecule has 0 saturated carbocycles. The third-order valence-corrected chi connectivity index (χ3v) is 3.62. The Morgan fingerprint density at radius 2 is 1.78 bits per heavy atom. The van der Waals surface area contributed by atoms with Gasteiger partial charge in [0.25, 0.3) is 0 Å². The number of carbonyl (C=O) groups is 3. The fraction of sp³-hybridized carbons (Fsp3) is 0.812. The number of hydrogen-bond donors (Lipinski definition) is 1. The van der Waals surface area contributed by atoms with Crippen molar-refractivity contribution in [2.45, 2.75) is 59.6 Å². The number of ether oxygens (including phenoxy) is 1. The first kappa shape index (κ1) is 19.3. The van der Waals surface area contributed by atoms with Gasteiger partial charge in [0.1, 0.15) is 5.60 Å². The zero-order valence-electron chi connectivity index (χ0n) is 15.2. The van der Waals surface area contributed by atoms with Crippen molar-refractivity contribution in [1.29, 1.82) is 0 Å². The van der Waals surface area contributed by atoms with E-state index in [1.807, 2.05) is 20.8 Å². The van der Waals surface area contributed by atoms with Gasteiger partial charge in [0, 0.05) is 20.0 Å². The summed E-state index contributed by atoms with van der Waals surface area (Å²) in [6.07, 6.45) is -0.256. The Balaban J connectivity index is 2.85. The summed E-state index contributed by atoms with van der Waals surface area (Å²) < 4.78 is 5.28. The molecular formula is C16H29N3O4. The van der Waals surface area contributed by atoms with Crippen LogP contribution in [0.15, 0.2) is 0 Å². The number of alkyl carbamates (subject to hydrolysis) is 1. The van der Waals surface area contributed by atoms with E-state index in [-0.39, 0.29) is 23.9 Å². The van der Waals surface area contributed by atoms with Crippen LogP contribution < -0.4 is 5.32 Å². The molecule has 0 aromatic heterocycles. The summed E-state index contributed by atoms with van der Waals surface area (Å²) >= 11 is 0. The highest BCUT2D eigenvalue weighted by molar-refractivity contribution is 5.96. The lowest BCUT2D eigenvalue weighted by atomic mass is 9.86. The van der Waals surface area contributed by atoms with Gasteiger partial charge in [-0.2, -0.15) is 0 Å². The number of amides is 4. The Morgan fingerprint density at radius 3 is 2.26 bits per heavy atom. The molecule has 1 atom stereocenters. The fourth-order valence-corrected chi connectivity index (χ4v) is 2.16. The monoisotopic (exact) mass is 327 g/mol. The zero-order chi connectivity index (χ0) is 18.0. The molecule has 1 aliphatic rings. The van der Waals surface area contributed by atoms with Gasteiger partial charge >= 0.3 is 12.1 Å². The summed E-state index contributed by atoms with van der Waals surface area (Å²) in [5.41, 5.74) is -0.947. The molecule has 0 aromatic rings. The number of rotatable bonds is 3. The molecule has 7 nitrogen and oxygen atoms in total. The third kappa shape index (κ3) is 5.73. The van der Waals surface area contributed by atoms with Crippen LogP contribution in [0, 0.1) is 5.41 Å². The average Bonchev–Trinajstić information content (AvgIpc) is 2.34. The van der Waals surface area contributed by atoms with Crippen LogP contribution in [0.3, 0.4) is 0 Å². The zero-order valence-corrected chi connectivity index (χ0v) is 15.2. The van der Waals surface area contributed by atoms with Gasteiger partial charge in [-0.1, -0.05) is 20.8 Å². The highest BCUT2D eigenvalue weighted by Gasteiger charge is 2.36.